The van der Waals surface area contributed by atoms with E-state index in [1.807, 2.05) is 53.9 Å². The largest absolute Gasteiger partial charge is 0.366 e. The van der Waals surface area contributed by atoms with E-state index in [0.717, 1.165) is 33.0 Å². The van der Waals surface area contributed by atoms with Gasteiger partial charge in [-0.25, -0.2) is 4.98 Å². The van der Waals surface area contributed by atoms with E-state index in [0.29, 0.717) is 15.6 Å². The van der Waals surface area contributed by atoms with Gasteiger partial charge in [0.05, 0.1) is 15.7 Å². The second kappa shape index (κ2) is 7.76. The Bertz CT molecular complexity index is 1170. The molecule has 3 aromatic carbocycles. The topological polar surface area (TPSA) is 56.0 Å². The van der Waals surface area contributed by atoms with E-state index < -0.39 is 5.91 Å². The number of thiazole rings is 1. The van der Waals surface area contributed by atoms with E-state index in [9.17, 15) is 4.79 Å². The molecule has 1 aromatic heterocycles. The molecule has 3 nitrogen and oxygen atoms in total. The molecule has 0 aliphatic heterocycles. The Kier molecular flexibility index (Phi) is 5.18. The summed E-state index contributed by atoms with van der Waals surface area (Å²) < 4.78 is 0. The second-order valence-corrected chi connectivity index (χ2v) is 7.83. The molecule has 4 rings (SSSR count). The highest BCUT2D eigenvalue weighted by Gasteiger charge is 2.11. The average molecular weight is 425 g/mol. The molecule has 1 amide bonds. The van der Waals surface area contributed by atoms with Crippen LogP contribution in [0.15, 0.2) is 72.1 Å². The third kappa shape index (κ3) is 3.67. The third-order valence-electron chi connectivity index (χ3n) is 4.35. The van der Waals surface area contributed by atoms with E-state index in [1.54, 1.807) is 29.5 Å². The van der Waals surface area contributed by atoms with Crippen molar-refractivity contribution in [3.05, 3.63) is 87.7 Å². The zero-order chi connectivity index (χ0) is 19.7. The highest BCUT2D eigenvalue weighted by atomic mass is 35.5. The molecule has 0 fully saturated rings. The number of aromatic nitrogens is 1. The van der Waals surface area contributed by atoms with Gasteiger partial charge in [-0.1, -0.05) is 71.7 Å². The molecule has 0 aliphatic carbocycles. The highest BCUT2D eigenvalue weighted by Crippen LogP contribution is 2.33. The van der Waals surface area contributed by atoms with Crippen LogP contribution in [0.2, 0.25) is 10.0 Å². The SMILES string of the molecule is NC(=O)c1ccccc1-c1ccc(-c2nc(-c3ccc(Cl)c(Cl)c3)cs2)cc1. The standard InChI is InChI=1S/C22H14Cl2N2OS/c23-18-10-9-15(11-19(18)24)20-12-28-22(26-20)14-7-5-13(6-8-14)16-3-1-2-4-17(16)21(25)27/h1-12H,(H2,25,27). The van der Waals surface area contributed by atoms with Crippen molar-refractivity contribution in [3.63, 3.8) is 0 Å². The zero-order valence-electron chi connectivity index (χ0n) is 14.5. The fourth-order valence-corrected chi connectivity index (χ4v) is 4.07. The molecule has 1 heterocycles. The number of nitrogens with zero attached hydrogens (tertiary/aromatic N) is 1. The van der Waals surface area contributed by atoms with Gasteiger partial charge in [-0.2, -0.15) is 0 Å². The molecule has 0 saturated heterocycles. The number of hydrogen-bond donors (Lipinski definition) is 1. The predicted molar refractivity (Wildman–Crippen MR) is 117 cm³/mol. The molecule has 2 N–H and O–H groups in total. The van der Waals surface area contributed by atoms with Gasteiger partial charge in [-0.15, -0.1) is 11.3 Å². The molecule has 0 atom stereocenters. The smallest absolute Gasteiger partial charge is 0.249 e. The molecule has 6 heteroatoms. The van der Waals surface area contributed by atoms with Crippen LogP contribution in [0.4, 0.5) is 0 Å². The number of amides is 1. The fourth-order valence-electron chi connectivity index (χ4n) is 2.94. The Morgan fingerprint density at radius 3 is 2.25 bits per heavy atom. The van der Waals surface area contributed by atoms with E-state index in [1.165, 1.54) is 0 Å². The van der Waals surface area contributed by atoms with E-state index in [-0.39, 0.29) is 0 Å². The zero-order valence-corrected chi connectivity index (χ0v) is 16.9. The molecule has 0 aliphatic rings. The van der Waals surface area contributed by atoms with Gasteiger partial charge in [0, 0.05) is 22.1 Å². The number of rotatable bonds is 4. The fraction of sp³-hybridized carbons (Fsp3) is 0. The summed E-state index contributed by atoms with van der Waals surface area (Å²) in [7, 11) is 0. The Labute approximate surface area is 176 Å². The van der Waals surface area contributed by atoms with Crippen LogP contribution in [0.3, 0.4) is 0 Å². The van der Waals surface area contributed by atoms with Gasteiger partial charge < -0.3 is 5.73 Å². The Morgan fingerprint density at radius 2 is 1.54 bits per heavy atom. The molecule has 4 aromatic rings. The molecule has 0 spiro atoms. The van der Waals surface area contributed by atoms with Crippen LogP contribution < -0.4 is 5.73 Å². The summed E-state index contributed by atoms with van der Waals surface area (Å²) in [5.74, 6) is -0.439. The first-order chi connectivity index (χ1) is 13.5. The van der Waals surface area contributed by atoms with Crippen LogP contribution in [-0.4, -0.2) is 10.9 Å². The number of hydrogen-bond acceptors (Lipinski definition) is 3. The molecule has 0 bridgehead atoms. The van der Waals surface area contributed by atoms with Crippen molar-refractivity contribution in [3.8, 4) is 33.0 Å². The maximum Gasteiger partial charge on any atom is 0.249 e. The van der Waals surface area contributed by atoms with Crippen molar-refractivity contribution in [1.29, 1.82) is 0 Å². The Balaban J connectivity index is 1.64. The van der Waals surface area contributed by atoms with Crippen molar-refractivity contribution in [2.75, 3.05) is 0 Å². The normalized spacial score (nSPS) is 10.8. The lowest BCUT2D eigenvalue weighted by molar-refractivity contribution is 0.100. The first-order valence-electron chi connectivity index (χ1n) is 8.43. The Morgan fingerprint density at radius 1 is 0.857 bits per heavy atom. The summed E-state index contributed by atoms with van der Waals surface area (Å²) >= 11 is 13.7. The first-order valence-corrected chi connectivity index (χ1v) is 10.1. The average Bonchev–Trinajstić information content (AvgIpc) is 3.20. The van der Waals surface area contributed by atoms with Gasteiger partial charge in [0.1, 0.15) is 5.01 Å². The molecule has 138 valence electrons. The van der Waals surface area contributed by atoms with Crippen LogP contribution >= 0.6 is 34.5 Å². The summed E-state index contributed by atoms with van der Waals surface area (Å²) in [6.07, 6.45) is 0. The van der Waals surface area contributed by atoms with Crippen molar-refractivity contribution >= 4 is 40.4 Å². The lowest BCUT2D eigenvalue weighted by Gasteiger charge is -2.07. The maximum absolute atomic E-state index is 11.7. The maximum atomic E-state index is 11.7. The highest BCUT2D eigenvalue weighted by molar-refractivity contribution is 7.13. The number of nitrogens with two attached hydrogens (primary N) is 1. The van der Waals surface area contributed by atoms with Gasteiger partial charge in [0.15, 0.2) is 0 Å². The summed E-state index contributed by atoms with van der Waals surface area (Å²) in [5, 5.41) is 3.92. The Hall–Kier alpha value is -2.66. The van der Waals surface area contributed by atoms with Crippen LogP contribution in [0, 0.1) is 0 Å². The first kappa shape index (κ1) is 18.7. The van der Waals surface area contributed by atoms with E-state index >= 15 is 0 Å². The number of primary amides is 1. The summed E-state index contributed by atoms with van der Waals surface area (Å²) in [5.41, 5.74) is 10.5. The van der Waals surface area contributed by atoms with E-state index in [2.05, 4.69) is 0 Å². The van der Waals surface area contributed by atoms with Crippen LogP contribution in [0.25, 0.3) is 33.0 Å². The quantitative estimate of drug-likeness (QED) is 0.403. The minimum absolute atomic E-state index is 0.439. The van der Waals surface area contributed by atoms with Crippen molar-refractivity contribution < 1.29 is 4.79 Å². The molecule has 0 unspecified atom stereocenters. The van der Waals surface area contributed by atoms with Gasteiger partial charge in [-0.05, 0) is 29.3 Å². The summed E-state index contributed by atoms with van der Waals surface area (Å²) in [6, 6.07) is 20.7. The van der Waals surface area contributed by atoms with Gasteiger partial charge in [0.25, 0.3) is 0 Å². The summed E-state index contributed by atoms with van der Waals surface area (Å²) in [4.78, 5) is 16.4. The number of halogens is 2. The molecule has 0 saturated carbocycles. The minimum atomic E-state index is -0.439. The molecular formula is C22H14Cl2N2OS. The van der Waals surface area contributed by atoms with Crippen LogP contribution in [0.1, 0.15) is 10.4 Å². The lowest BCUT2D eigenvalue weighted by Crippen LogP contribution is -2.12. The van der Waals surface area contributed by atoms with Gasteiger partial charge in [0.2, 0.25) is 5.91 Å². The number of benzene rings is 3. The van der Waals surface area contributed by atoms with Crippen LogP contribution in [-0.2, 0) is 0 Å². The molecule has 28 heavy (non-hydrogen) atoms. The minimum Gasteiger partial charge on any atom is -0.366 e. The van der Waals surface area contributed by atoms with E-state index in [4.69, 9.17) is 33.9 Å². The second-order valence-electron chi connectivity index (χ2n) is 6.15. The van der Waals surface area contributed by atoms with Crippen LogP contribution in [0.5, 0.6) is 0 Å². The predicted octanol–water partition coefficient (Wildman–Crippen LogP) is 6.55. The van der Waals surface area contributed by atoms with Gasteiger partial charge >= 0.3 is 0 Å². The molecular weight excluding hydrogens is 411 g/mol. The van der Waals surface area contributed by atoms with Crippen molar-refractivity contribution in [2.24, 2.45) is 5.73 Å². The lowest BCUT2D eigenvalue weighted by atomic mass is 9.98. The third-order valence-corrected chi connectivity index (χ3v) is 5.99. The monoisotopic (exact) mass is 424 g/mol. The van der Waals surface area contributed by atoms with Gasteiger partial charge in [-0.3, -0.25) is 4.79 Å². The number of carbonyl (C=O) groups excluding carboxylic acids is 1. The van der Waals surface area contributed by atoms with Crippen molar-refractivity contribution in [1.82, 2.24) is 4.98 Å². The van der Waals surface area contributed by atoms with Crippen molar-refractivity contribution in [2.45, 2.75) is 0 Å². The molecule has 0 radical (unpaired) electrons. The number of carbonyl (C=O) groups is 1. The summed E-state index contributed by atoms with van der Waals surface area (Å²) in [6.45, 7) is 0.